The van der Waals surface area contributed by atoms with E-state index in [9.17, 15) is 9.59 Å². The summed E-state index contributed by atoms with van der Waals surface area (Å²) in [4.78, 5) is 28.7. The van der Waals surface area contributed by atoms with Crippen LogP contribution in [0.3, 0.4) is 0 Å². The Morgan fingerprint density at radius 3 is 2.63 bits per heavy atom. The average molecular weight is 405 g/mol. The smallest absolute Gasteiger partial charge is 0.248 e. The molecule has 0 spiro atoms. The number of ether oxygens (including phenoxy) is 1. The first kappa shape index (κ1) is 20.2. The van der Waals surface area contributed by atoms with Gasteiger partial charge in [0.05, 0.1) is 6.61 Å². The maximum Gasteiger partial charge on any atom is 0.248 e. The van der Waals surface area contributed by atoms with Crippen LogP contribution in [0.5, 0.6) is 5.75 Å². The highest BCUT2D eigenvalue weighted by atomic mass is 16.5. The second-order valence-electron chi connectivity index (χ2n) is 8.04. The van der Waals surface area contributed by atoms with Crippen LogP contribution < -0.4 is 10.3 Å². The van der Waals surface area contributed by atoms with E-state index in [1.807, 2.05) is 23.1 Å². The number of likely N-dealkylation sites (tertiary alicyclic amines) is 1. The molecule has 2 aromatic carbocycles. The summed E-state index contributed by atoms with van der Waals surface area (Å²) in [6.45, 7) is 2.23. The molecule has 0 unspecified atom stereocenters. The Morgan fingerprint density at radius 1 is 1.03 bits per heavy atom. The highest BCUT2D eigenvalue weighted by molar-refractivity contribution is 5.79. The van der Waals surface area contributed by atoms with Crippen LogP contribution in [0.2, 0.25) is 0 Å². The fourth-order valence-electron chi connectivity index (χ4n) is 4.13. The molecule has 156 valence electrons. The van der Waals surface area contributed by atoms with Crippen molar-refractivity contribution in [1.82, 2.24) is 9.88 Å². The number of rotatable bonds is 7. The number of nitrogens with one attached hydrogen (secondary N) is 1. The molecule has 1 fully saturated rings. The number of pyridine rings is 1. The van der Waals surface area contributed by atoms with Crippen LogP contribution in [0.1, 0.15) is 31.2 Å². The normalized spacial score (nSPS) is 14.7. The van der Waals surface area contributed by atoms with E-state index in [0.29, 0.717) is 25.4 Å². The lowest BCUT2D eigenvalue weighted by Gasteiger charge is -2.32. The lowest BCUT2D eigenvalue weighted by molar-refractivity contribution is -0.132. The molecule has 30 heavy (non-hydrogen) atoms. The second-order valence-corrected chi connectivity index (χ2v) is 8.04. The van der Waals surface area contributed by atoms with Crippen molar-refractivity contribution >= 4 is 16.8 Å². The van der Waals surface area contributed by atoms with Gasteiger partial charge in [-0.05, 0) is 61.4 Å². The Balaban J connectivity index is 1.17. The molecule has 1 amide bonds. The number of carbonyl (C=O) groups is 1. The molecular formula is C25H28N2O3. The van der Waals surface area contributed by atoms with Gasteiger partial charge in [-0.2, -0.15) is 0 Å². The number of piperidine rings is 1. The third kappa shape index (κ3) is 5.29. The van der Waals surface area contributed by atoms with E-state index in [4.69, 9.17) is 4.74 Å². The summed E-state index contributed by atoms with van der Waals surface area (Å²) in [6.07, 6.45) is 4.49. The van der Waals surface area contributed by atoms with Gasteiger partial charge in [-0.3, -0.25) is 9.59 Å². The first-order chi connectivity index (χ1) is 14.7. The molecule has 0 atom stereocenters. The quantitative estimate of drug-likeness (QED) is 0.601. The molecule has 0 aliphatic carbocycles. The van der Waals surface area contributed by atoms with E-state index in [1.54, 1.807) is 6.07 Å². The Hall–Kier alpha value is -3.08. The summed E-state index contributed by atoms with van der Waals surface area (Å²) in [5, 5.41) is 0.932. The van der Waals surface area contributed by atoms with Gasteiger partial charge in [0.15, 0.2) is 0 Å². The fraction of sp³-hybridized carbons (Fsp3) is 0.360. The van der Waals surface area contributed by atoms with Crippen molar-refractivity contribution in [2.24, 2.45) is 5.92 Å². The molecule has 0 bridgehead atoms. The number of hydrogen-bond donors (Lipinski definition) is 1. The van der Waals surface area contributed by atoms with E-state index in [2.05, 4.69) is 35.3 Å². The minimum atomic E-state index is -0.112. The minimum Gasteiger partial charge on any atom is -0.494 e. The van der Waals surface area contributed by atoms with Gasteiger partial charge in [-0.15, -0.1) is 0 Å². The van der Waals surface area contributed by atoms with Gasteiger partial charge >= 0.3 is 0 Å². The van der Waals surface area contributed by atoms with Crippen LogP contribution in [0.4, 0.5) is 0 Å². The lowest BCUT2D eigenvalue weighted by Crippen LogP contribution is -2.38. The monoisotopic (exact) mass is 404 g/mol. The zero-order chi connectivity index (χ0) is 20.8. The summed E-state index contributed by atoms with van der Waals surface area (Å²) in [5.41, 5.74) is 2.07. The summed E-state index contributed by atoms with van der Waals surface area (Å²) in [6, 6.07) is 19.5. The molecule has 0 saturated carbocycles. The highest BCUT2D eigenvalue weighted by Gasteiger charge is 2.22. The number of nitrogens with zero attached hydrogens (tertiary/aromatic N) is 1. The van der Waals surface area contributed by atoms with Gasteiger partial charge in [0.2, 0.25) is 11.5 Å². The van der Waals surface area contributed by atoms with Crippen LogP contribution >= 0.6 is 0 Å². The maximum atomic E-state index is 12.5. The molecule has 1 N–H and O–H groups in total. The molecule has 5 nitrogen and oxygen atoms in total. The maximum absolute atomic E-state index is 12.5. The Morgan fingerprint density at radius 2 is 1.83 bits per heavy atom. The molecule has 0 radical (unpaired) electrons. The van der Waals surface area contributed by atoms with Crippen molar-refractivity contribution in [2.75, 3.05) is 19.7 Å². The van der Waals surface area contributed by atoms with Crippen molar-refractivity contribution < 1.29 is 9.53 Å². The van der Waals surface area contributed by atoms with Gasteiger partial charge in [-0.1, -0.05) is 30.3 Å². The van der Waals surface area contributed by atoms with Crippen LogP contribution in [-0.2, 0) is 11.2 Å². The molecule has 5 heteroatoms. The predicted molar refractivity (Wildman–Crippen MR) is 119 cm³/mol. The van der Waals surface area contributed by atoms with Gasteiger partial charge in [0.25, 0.3) is 0 Å². The standard InChI is InChI=1S/C25H28N2O3/c28-24-11-8-21-18-22(9-10-23(21)26-24)30-16-4-7-25(29)27-14-12-20(13-15-27)17-19-5-2-1-3-6-19/h1-3,5-6,8-11,18,20H,4,7,12-17H2,(H,26,28). The first-order valence-electron chi connectivity index (χ1n) is 10.7. The van der Waals surface area contributed by atoms with E-state index >= 15 is 0 Å². The molecule has 1 saturated heterocycles. The van der Waals surface area contributed by atoms with Gasteiger partial charge in [0.1, 0.15) is 5.75 Å². The van der Waals surface area contributed by atoms with E-state index in [1.165, 1.54) is 11.6 Å². The molecular weight excluding hydrogens is 376 g/mol. The molecule has 2 heterocycles. The van der Waals surface area contributed by atoms with E-state index in [-0.39, 0.29) is 11.5 Å². The van der Waals surface area contributed by atoms with E-state index in [0.717, 1.165) is 49.0 Å². The second kappa shape index (κ2) is 9.61. The third-order valence-electron chi connectivity index (χ3n) is 5.83. The van der Waals surface area contributed by atoms with Crippen molar-refractivity contribution in [3.63, 3.8) is 0 Å². The zero-order valence-corrected chi connectivity index (χ0v) is 17.2. The number of aromatic amines is 1. The number of H-pyrrole nitrogens is 1. The van der Waals surface area contributed by atoms with Crippen molar-refractivity contribution in [2.45, 2.75) is 32.1 Å². The fourth-order valence-corrected chi connectivity index (χ4v) is 4.13. The van der Waals surface area contributed by atoms with Crippen LogP contribution in [-0.4, -0.2) is 35.5 Å². The Labute approximate surface area is 176 Å². The largest absolute Gasteiger partial charge is 0.494 e. The summed E-state index contributed by atoms with van der Waals surface area (Å²) in [7, 11) is 0. The van der Waals surface area contributed by atoms with Crippen LogP contribution in [0.25, 0.3) is 10.9 Å². The van der Waals surface area contributed by atoms with Gasteiger partial charge in [0, 0.05) is 36.5 Å². The van der Waals surface area contributed by atoms with Gasteiger partial charge < -0.3 is 14.6 Å². The van der Waals surface area contributed by atoms with Crippen LogP contribution in [0, 0.1) is 5.92 Å². The number of aromatic nitrogens is 1. The summed E-state index contributed by atoms with van der Waals surface area (Å²) in [5.74, 6) is 1.65. The average Bonchev–Trinajstić information content (AvgIpc) is 2.78. The minimum absolute atomic E-state index is 0.112. The van der Waals surface area contributed by atoms with E-state index < -0.39 is 0 Å². The number of fused-ring (bicyclic) bond motifs is 1. The number of hydrogen-bond acceptors (Lipinski definition) is 3. The Kier molecular flexibility index (Phi) is 6.47. The van der Waals surface area contributed by atoms with Crippen molar-refractivity contribution in [3.8, 4) is 5.75 Å². The summed E-state index contributed by atoms with van der Waals surface area (Å²) >= 11 is 0. The van der Waals surface area contributed by atoms with Crippen molar-refractivity contribution in [3.05, 3.63) is 76.6 Å². The van der Waals surface area contributed by atoms with Gasteiger partial charge in [-0.25, -0.2) is 0 Å². The SMILES string of the molecule is O=C(CCCOc1ccc2[nH]c(=O)ccc2c1)N1CCC(Cc2ccccc2)CC1. The van der Waals surface area contributed by atoms with Crippen molar-refractivity contribution in [1.29, 1.82) is 0 Å². The van der Waals surface area contributed by atoms with Crippen LogP contribution in [0.15, 0.2) is 65.5 Å². The molecule has 1 aromatic heterocycles. The highest BCUT2D eigenvalue weighted by Crippen LogP contribution is 2.22. The first-order valence-corrected chi connectivity index (χ1v) is 10.7. The lowest BCUT2D eigenvalue weighted by atomic mass is 9.90. The third-order valence-corrected chi connectivity index (χ3v) is 5.83. The zero-order valence-electron chi connectivity index (χ0n) is 17.2. The molecule has 3 aromatic rings. The summed E-state index contributed by atoms with van der Waals surface area (Å²) < 4.78 is 5.80. The molecule has 1 aliphatic rings. The Bertz CT molecular complexity index is 1040. The topological polar surface area (TPSA) is 62.4 Å². The molecule has 1 aliphatic heterocycles. The molecule has 4 rings (SSSR count). The number of benzene rings is 2. The number of carbonyl (C=O) groups excluding carboxylic acids is 1. The predicted octanol–water partition coefficient (Wildman–Crippen LogP) is 4.17. The number of amides is 1.